The van der Waals surface area contributed by atoms with Gasteiger partial charge in [-0.15, -0.1) is 0 Å². The standard InChI is InChI=1S/C17H26N2O3S/c1-23(20,21)18-16-3-2-10-19(12-16)11-14-6-8-17(9-7-14)22-13-15-4-5-15/h6-9,15-16,18H,2-5,10-13H2,1H3/t16-/m0/s1. The van der Waals surface area contributed by atoms with E-state index in [0.29, 0.717) is 0 Å². The minimum atomic E-state index is -3.13. The normalized spacial score (nSPS) is 22.9. The Morgan fingerprint density at radius 1 is 1.22 bits per heavy atom. The largest absolute Gasteiger partial charge is 0.493 e. The molecule has 23 heavy (non-hydrogen) atoms. The van der Waals surface area contributed by atoms with Crippen LogP contribution in [-0.4, -0.2) is 45.3 Å². The van der Waals surface area contributed by atoms with Crippen LogP contribution in [-0.2, 0) is 16.6 Å². The van der Waals surface area contributed by atoms with Crippen LogP contribution in [0.3, 0.4) is 0 Å². The van der Waals surface area contributed by atoms with Crippen molar-refractivity contribution in [3.05, 3.63) is 29.8 Å². The van der Waals surface area contributed by atoms with E-state index in [9.17, 15) is 8.42 Å². The van der Waals surface area contributed by atoms with Crippen molar-refractivity contribution >= 4 is 10.0 Å². The summed E-state index contributed by atoms with van der Waals surface area (Å²) < 4.78 is 31.2. The van der Waals surface area contributed by atoms with Crippen molar-refractivity contribution in [3.63, 3.8) is 0 Å². The second-order valence-corrected chi connectivity index (χ2v) is 8.64. The van der Waals surface area contributed by atoms with Crippen LogP contribution >= 0.6 is 0 Å². The molecule has 0 unspecified atom stereocenters. The molecule has 1 aliphatic carbocycles. The number of hydrogen-bond donors (Lipinski definition) is 1. The molecule has 0 aromatic heterocycles. The molecular weight excluding hydrogens is 312 g/mol. The quantitative estimate of drug-likeness (QED) is 0.826. The number of ether oxygens (including phenoxy) is 1. The van der Waals surface area contributed by atoms with Crippen molar-refractivity contribution in [3.8, 4) is 5.75 Å². The van der Waals surface area contributed by atoms with E-state index in [1.165, 1.54) is 24.7 Å². The van der Waals surface area contributed by atoms with Crippen LogP contribution in [0.4, 0.5) is 0 Å². The highest BCUT2D eigenvalue weighted by atomic mass is 32.2. The number of nitrogens with one attached hydrogen (secondary N) is 1. The van der Waals surface area contributed by atoms with Crippen molar-refractivity contribution < 1.29 is 13.2 Å². The van der Waals surface area contributed by atoms with Gasteiger partial charge in [0.2, 0.25) is 10.0 Å². The third kappa shape index (κ3) is 5.79. The molecule has 3 rings (SSSR count). The fourth-order valence-corrected chi connectivity index (χ4v) is 3.84. The summed E-state index contributed by atoms with van der Waals surface area (Å²) in [5, 5.41) is 0. The van der Waals surface area contributed by atoms with E-state index in [1.54, 1.807) is 0 Å². The Labute approximate surface area is 139 Å². The second-order valence-electron chi connectivity index (χ2n) is 6.86. The van der Waals surface area contributed by atoms with Crippen molar-refractivity contribution in [1.82, 2.24) is 9.62 Å². The summed E-state index contributed by atoms with van der Waals surface area (Å²) in [5.41, 5.74) is 1.24. The molecule has 6 heteroatoms. The molecular formula is C17H26N2O3S. The molecule has 5 nitrogen and oxygen atoms in total. The van der Waals surface area contributed by atoms with Crippen LogP contribution in [0.15, 0.2) is 24.3 Å². The van der Waals surface area contributed by atoms with Gasteiger partial charge in [-0.2, -0.15) is 0 Å². The van der Waals surface area contributed by atoms with Crippen molar-refractivity contribution in [2.24, 2.45) is 5.92 Å². The molecule has 1 N–H and O–H groups in total. The molecule has 1 saturated carbocycles. The van der Waals surface area contributed by atoms with E-state index < -0.39 is 10.0 Å². The Morgan fingerprint density at radius 3 is 2.61 bits per heavy atom. The van der Waals surface area contributed by atoms with Gasteiger partial charge in [-0.1, -0.05) is 12.1 Å². The maximum atomic E-state index is 11.4. The summed E-state index contributed by atoms with van der Waals surface area (Å²) in [6, 6.07) is 8.31. The molecule has 1 atom stereocenters. The van der Waals surface area contributed by atoms with Gasteiger partial charge in [0.25, 0.3) is 0 Å². The van der Waals surface area contributed by atoms with E-state index in [0.717, 1.165) is 50.8 Å². The first-order valence-electron chi connectivity index (χ1n) is 8.39. The monoisotopic (exact) mass is 338 g/mol. The first-order valence-corrected chi connectivity index (χ1v) is 10.3. The van der Waals surface area contributed by atoms with Crippen LogP contribution in [0.25, 0.3) is 0 Å². The molecule has 0 amide bonds. The fourth-order valence-electron chi connectivity index (χ4n) is 3.05. The number of hydrogen-bond acceptors (Lipinski definition) is 4. The first kappa shape index (κ1) is 16.7. The van der Waals surface area contributed by atoms with Gasteiger partial charge in [0, 0.05) is 19.1 Å². The van der Waals surface area contributed by atoms with Crippen LogP contribution in [0.1, 0.15) is 31.2 Å². The predicted molar refractivity (Wildman–Crippen MR) is 90.9 cm³/mol. The lowest BCUT2D eigenvalue weighted by Gasteiger charge is -2.32. The summed E-state index contributed by atoms with van der Waals surface area (Å²) in [5.74, 6) is 1.71. The summed E-state index contributed by atoms with van der Waals surface area (Å²) >= 11 is 0. The predicted octanol–water partition coefficient (Wildman–Crippen LogP) is 1.99. The molecule has 1 aliphatic heterocycles. The van der Waals surface area contributed by atoms with Crippen LogP contribution in [0.2, 0.25) is 0 Å². The van der Waals surface area contributed by atoms with Gasteiger partial charge in [-0.05, 0) is 55.8 Å². The molecule has 0 radical (unpaired) electrons. The topological polar surface area (TPSA) is 58.6 Å². The Bertz CT molecular complexity index is 611. The summed E-state index contributed by atoms with van der Waals surface area (Å²) in [4.78, 5) is 2.31. The Balaban J connectivity index is 1.49. The SMILES string of the molecule is CS(=O)(=O)N[C@H]1CCCN(Cc2ccc(OCC3CC3)cc2)C1. The summed E-state index contributed by atoms with van der Waals surface area (Å²) in [6.45, 7) is 3.48. The zero-order valence-corrected chi connectivity index (χ0v) is 14.5. The van der Waals surface area contributed by atoms with Gasteiger partial charge in [-0.25, -0.2) is 13.1 Å². The summed E-state index contributed by atoms with van der Waals surface area (Å²) in [6.07, 6.45) is 5.77. The molecule has 1 saturated heterocycles. The number of likely N-dealkylation sites (tertiary alicyclic amines) is 1. The zero-order chi connectivity index (χ0) is 16.3. The Morgan fingerprint density at radius 2 is 1.96 bits per heavy atom. The van der Waals surface area contributed by atoms with Crippen molar-refractivity contribution in [1.29, 1.82) is 0 Å². The molecule has 0 spiro atoms. The van der Waals surface area contributed by atoms with Crippen molar-refractivity contribution in [2.45, 2.75) is 38.3 Å². The number of rotatable bonds is 7. The smallest absolute Gasteiger partial charge is 0.208 e. The second kappa shape index (κ2) is 7.20. The van der Waals surface area contributed by atoms with E-state index >= 15 is 0 Å². The van der Waals surface area contributed by atoms with E-state index in [2.05, 4.69) is 21.8 Å². The lowest BCUT2D eigenvalue weighted by atomic mass is 10.1. The summed E-state index contributed by atoms with van der Waals surface area (Å²) in [7, 11) is -3.13. The molecule has 1 aromatic carbocycles. The number of sulfonamides is 1. The average Bonchev–Trinajstić information content (AvgIpc) is 3.29. The number of benzene rings is 1. The van der Waals surface area contributed by atoms with E-state index in [1.807, 2.05) is 12.1 Å². The highest BCUT2D eigenvalue weighted by molar-refractivity contribution is 7.88. The minimum Gasteiger partial charge on any atom is -0.493 e. The van der Waals surface area contributed by atoms with Crippen LogP contribution in [0, 0.1) is 5.92 Å². The lowest BCUT2D eigenvalue weighted by Crippen LogP contribution is -2.46. The van der Waals surface area contributed by atoms with Crippen LogP contribution in [0.5, 0.6) is 5.75 Å². The zero-order valence-electron chi connectivity index (χ0n) is 13.7. The number of nitrogens with zero attached hydrogens (tertiary/aromatic N) is 1. The first-order chi connectivity index (χ1) is 11.0. The van der Waals surface area contributed by atoms with Gasteiger partial charge >= 0.3 is 0 Å². The molecule has 2 fully saturated rings. The maximum absolute atomic E-state index is 11.4. The molecule has 1 heterocycles. The number of piperidine rings is 1. The Kier molecular flexibility index (Phi) is 5.24. The average molecular weight is 338 g/mol. The minimum absolute atomic E-state index is 0.0277. The molecule has 2 aliphatic rings. The van der Waals surface area contributed by atoms with Crippen LogP contribution < -0.4 is 9.46 Å². The molecule has 0 bridgehead atoms. The van der Waals surface area contributed by atoms with Gasteiger partial charge < -0.3 is 4.74 Å². The van der Waals surface area contributed by atoms with E-state index in [4.69, 9.17) is 4.74 Å². The van der Waals surface area contributed by atoms with Gasteiger partial charge in [-0.3, -0.25) is 4.90 Å². The molecule has 128 valence electrons. The molecule has 1 aromatic rings. The van der Waals surface area contributed by atoms with Gasteiger partial charge in [0.05, 0.1) is 12.9 Å². The fraction of sp³-hybridized carbons (Fsp3) is 0.647. The lowest BCUT2D eigenvalue weighted by molar-refractivity contribution is 0.194. The van der Waals surface area contributed by atoms with Gasteiger partial charge in [0.1, 0.15) is 5.75 Å². The third-order valence-electron chi connectivity index (χ3n) is 4.40. The van der Waals surface area contributed by atoms with E-state index in [-0.39, 0.29) is 6.04 Å². The third-order valence-corrected chi connectivity index (χ3v) is 5.16. The maximum Gasteiger partial charge on any atom is 0.208 e. The highest BCUT2D eigenvalue weighted by Gasteiger charge is 2.23. The highest BCUT2D eigenvalue weighted by Crippen LogP contribution is 2.29. The van der Waals surface area contributed by atoms with Gasteiger partial charge in [0.15, 0.2) is 0 Å². The Hall–Kier alpha value is -1.11. The van der Waals surface area contributed by atoms with Crippen molar-refractivity contribution in [2.75, 3.05) is 26.0 Å².